The minimum atomic E-state index is -4.02. The normalized spacial score (nSPS) is 11.9. The molecule has 8 nitrogen and oxygen atoms in total. The molecule has 0 heterocycles. The maximum atomic E-state index is 11.6. The summed E-state index contributed by atoms with van der Waals surface area (Å²) in [6, 6.07) is 23.8. The van der Waals surface area contributed by atoms with Crippen molar-refractivity contribution < 1.29 is 32.8 Å². The van der Waals surface area contributed by atoms with Gasteiger partial charge in [-0.1, -0.05) is 78.4 Å². The molecular weight excluding hydrogens is 458 g/mol. The number of hydrogen-bond acceptors (Lipinski definition) is 5. The second kappa shape index (κ2) is 12.6. The van der Waals surface area contributed by atoms with Gasteiger partial charge in [0.1, 0.15) is 6.04 Å². The molecule has 0 aromatic heterocycles. The maximum Gasteiger partial charge on any atom is 0.321 e. The third-order valence-corrected chi connectivity index (χ3v) is 5.74. The predicted molar refractivity (Wildman–Crippen MR) is 127 cm³/mol. The Bertz CT molecular complexity index is 1120. The van der Waals surface area contributed by atoms with Crippen molar-refractivity contribution in [1.29, 1.82) is 0 Å². The second-order valence-electron chi connectivity index (χ2n) is 7.62. The average molecular weight is 486 g/mol. The van der Waals surface area contributed by atoms with E-state index in [4.69, 9.17) is 9.66 Å². The number of benzene rings is 3. The highest BCUT2D eigenvalue weighted by molar-refractivity contribution is 7.85. The van der Waals surface area contributed by atoms with Crippen LogP contribution in [0.5, 0.6) is 0 Å². The smallest absolute Gasteiger partial charge is 0.321 e. The number of carboxylic acid groups (broad SMARTS) is 2. The van der Waals surface area contributed by atoms with Crippen LogP contribution in [-0.4, -0.2) is 46.1 Å². The summed E-state index contributed by atoms with van der Waals surface area (Å²) in [5.41, 5.74) is 2.84. The standard InChI is InChI=1S/C18H19NO4.C7H8O3S/c20-17(21)11-16(18(22)23)19(12-14-7-3-1-4-8-14)13-15-9-5-2-6-10-15;1-6-2-4-7(5-3-6)11(8,9)10/h1-10,16H,11-13H2,(H,20,21)(H,22,23);2-5H,1H3,(H,8,9,10)/t16-;/m0./s1. The molecule has 0 fully saturated rings. The Morgan fingerprint density at radius 3 is 1.59 bits per heavy atom. The van der Waals surface area contributed by atoms with Crippen LogP contribution >= 0.6 is 0 Å². The molecule has 0 unspecified atom stereocenters. The van der Waals surface area contributed by atoms with Crippen LogP contribution in [-0.2, 0) is 32.8 Å². The van der Waals surface area contributed by atoms with Crippen LogP contribution in [0.15, 0.2) is 89.8 Å². The molecule has 9 heteroatoms. The highest BCUT2D eigenvalue weighted by atomic mass is 32.2. The highest BCUT2D eigenvalue weighted by Gasteiger charge is 2.28. The fraction of sp³-hybridized carbons (Fsp3) is 0.200. The third-order valence-electron chi connectivity index (χ3n) is 4.87. The van der Waals surface area contributed by atoms with Crippen LogP contribution in [0.2, 0.25) is 0 Å². The van der Waals surface area contributed by atoms with Gasteiger partial charge in [-0.25, -0.2) is 0 Å². The van der Waals surface area contributed by atoms with Crippen molar-refractivity contribution in [3.05, 3.63) is 102 Å². The third kappa shape index (κ3) is 9.14. The van der Waals surface area contributed by atoms with Crippen LogP contribution in [0.4, 0.5) is 0 Å². The van der Waals surface area contributed by atoms with Crippen molar-refractivity contribution in [2.75, 3.05) is 0 Å². The Labute approximate surface area is 198 Å². The van der Waals surface area contributed by atoms with Crippen molar-refractivity contribution in [2.45, 2.75) is 37.4 Å². The van der Waals surface area contributed by atoms with E-state index in [1.54, 1.807) is 17.0 Å². The minimum absolute atomic E-state index is 0.0666. The Balaban J connectivity index is 0.000000310. The lowest BCUT2D eigenvalue weighted by molar-refractivity contribution is -0.150. The lowest BCUT2D eigenvalue weighted by atomic mass is 10.1. The largest absolute Gasteiger partial charge is 0.481 e. The van der Waals surface area contributed by atoms with E-state index in [-0.39, 0.29) is 4.90 Å². The molecule has 3 N–H and O–H groups in total. The Morgan fingerprint density at radius 1 is 0.794 bits per heavy atom. The lowest BCUT2D eigenvalue weighted by Gasteiger charge is -2.28. The fourth-order valence-corrected chi connectivity index (χ4v) is 3.64. The van der Waals surface area contributed by atoms with Crippen LogP contribution < -0.4 is 0 Å². The molecule has 0 bridgehead atoms. The number of carboxylic acids is 2. The molecule has 1 atom stereocenters. The fourth-order valence-electron chi connectivity index (χ4n) is 3.16. The molecule has 3 aromatic carbocycles. The monoisotopic (exact) mass is 485 g/mol. The molecule has 3 rings (SSSR count). The summed E-state index contributed by atoms with van der Waals surface area (Å²) in [5, 5.41) is 18.5. The van der Waals surface area contributed by atoms with E-state index in [2.05, 4.69) is 0 Å². The van der Waals surface area contributed by atoms with Gasteiger partial charge in [-0.05, 0) is 30.2 Å². The molecule has 0 amide bonds. The minimum Gasteiger partial charge on any atom is -0.481 e. The Hall–Kier alpha value is -3.53. The van der Waals surface area contributed by atoms with Gasteiger partial charge < -0.3 is 10.2 Å². The summed E-state index contributed by atoms with van der Waals surface area (Å²) < 4.78 is 29.6. The van der Waals surface area contributed by atoms with E-state index >= 15 is 0 Å². The van der Waals surface area contributed by atoms with E-state index in [9.17, 15) is 23.1 Å². The van der Waals surface area contributed by atoms with Crippen molar-refractivity contribution in [3.8, 4) is 0 Å². The summed E-state index contributed by atoms with van der Waals surface area (Å²) >= 11 is 0. The number of aryl methyl sites for hydroxylation is 1. The van der Waals surface area contributed by atoms with Crippen LogP contribution in [0.3, 0.4) is 0 Å². The molecule has 0 radical (unpaired) electrons. The SMILES string of the molecule is Cc1ccc(S(=O)(=O)O)cc1.O=C(O)C[C@@H](C(=O)O)N(Cc1ccccc1)Cc1ccccc1. The first kappa shape index (κ1) is 26.7. The zero-order valence-electron chi connectivity index (χ0n) is 18.6. The Morgan fingerprint density at radius 2 is 1.24 bits per heavy atom. The summed E-state index contributed by atoms with van der Waals surface area (Å²) in [7, 11) is -4.02. The molecule has 34 heavy (non-hydrogen) atoms. The number of aliphatic carboxylic acids is 2. The molecule has 180 valence electrons. The first-order chi connectivity index (χ1) is 16.1. The molecule has 3 aromatic rings. The van der Waals surface area contributed by atoms with E-state index < -0.39 is 34.5 Å². The molecule has 0 spiro atoms. The van der Waals surface area contributed by atoms with Gasteiger partial charge in [0.2, 0.25) is 0 Å². The summed E-state index contributed by atoms with van der Waals surface area (Å²) in [5.74, 6) is -2.25. The summed E-state index contributed by atoms with van der Waals surface area (Å²) in [6.45, 7) is 2.59. The van der Waals surface area contributed by atoms with Gasteiger partial charge >= 0.3 is 11.9 Å². The van der Waals surface area contributed by atoms with E-state index in [0.717, 1.165) is 16.7 Å². The number of hydrogen-bond donors (Lipinski definition) is 3. The average Bonchev–Trinajstić information content (AvgIpc) is 2.78. The quantitative estimate of drug-likeness (QED) is 0.389. The molecule has 0 aliphatic heterocycles. The highest BCUT2D eigenvalue weighted by Crippen LogP contribution is 2.16. The van der Waals surface area contributed by atoms with Crippen molar-refractivity contribution >= 4 is 22.1 Å². The van der Waals surface area contributed by atoms with Crippen molar-refractivity contribution in [3.63, 3.8) is 0 Å². The molecular formula is C25H27NO7S. The van der Waals surface area contributed by atoms with Gasteiger partial charge in [0.15, 0.2) is 0 Å². The van der Waals surface area contributed by atoms with E-state index in [1.165, 1.54) is 12.1 Å². The van der Waals surface area contributed by atoms with Gasteiger partial charge in [-0.2, -0.15) is 8.42 Å². The molecule has 0 aliphatic carbocycles. The predicted octanol–water partition coefficient (Wildman–Crippen LogP) is 3.86. The van der Waals surface area contributed by atoms with Gasteiger partial charge in [0, 0.05) is 13.1 Å². The maximum absolute atomic E-state index is 11.6. The zero-order chi connectivity index (χ0) is 25.1. The summed E-state index contributed by atoms with van der Waals surface area (Å²) in [4.78, 5) is 24.2. The number of rotatable bonds is 9. The lowest BCUT2D eigenvalue weighted by Crippen LogP contribution is -2.41. The first-order valence-corrected chi connectivity index (χ1v) is 11.8. The van der Waals surface area contributed by atoms with Gasteiger partial charge in [0.25, 0.3) is 10.1 Å². The zero-order valence-corrected chi connectivity index (χ0v) is 19.4. The first-order valence-electron chi connectivity index (χ1n) is 10.4. The second-order valence-corrected chi connectivity index (χ2v) is 9.04. The van der Waals surface area contributed by atoms with E-state index in [0.29, 0.717) is 13.1 Å². The molecule has 0 saturated carbocycles. The Kier molecular flexibility index (Phi) is 9.93. The van der Waals surface area contributed by atoms with Crippen molar-refractivity contribution in [2.24, 2.45) is 0 Å². The van der Waals surface area contributed by atoms with E-state index in [1.807, 2.05) is 67.6 Å². The van der Waals surface area contributed by atoms with Crippen LogP contribution in [0.1, 0.15) is 23.1 Å². The molecule has 0 saturated heterocycles. The van der Waals surface area contributed by atoms with Gasteiger partial charge in [-0.15, -0.1) is 0 Å². The van der Waals surface area contributed by atoms with Crippen molar-refractivity contribution in [1.82, 2.24) is 4.90 Å². The molecule has 0 aliphatic rings. The van der Waals surface area contributed by atoms with Crippen LogP contribution in [0, 0.1) is 6.92 Å². The number of nitrogens with zero attached hydrogens (tertiary/aromatic N) is 1. The summed E-state index contributed by atoms with van der Waals surface area (Å²) in [6.07, 6.45) is -0.436. The van der Waals surface area contributed by atoms with Gasteiger partial charge in [-0.3, -0.25) is 19.0 Å². The van der Waals surface area contributed by atoms with Gasteiger partial charge in [0.05, 0.1) is 11.3 Å². The van der Waals surface area contributed by atoms with Crippen LogP contribution in [0.25, 0.3) is 0 Å². The number of carbonyl (C=O) groups is 2. The topological polar surface area (TPSA) is 132 Å².